The summed E-state index contributed by atoms with van der Waals surface area (Å²) < 4.78 is 0. The Kier molecular flexibility index (Phi) is 5.00. The molecule has 0 radical (unpaired) electrons. The van der Waals surface area contributed by atoms with E-state index < -0.39 is 0 Å². The van der Waals surface area contributed by atoms with Gasteiger partial charge in [-0.05, 0) is 58.2 Å². The Morgan fingerprint density at radius 2 is 1.81 bits per heavy atom. The molecule has 3 nitrogen and oxygen atoms in total. The van der Waals surface area contributed by atoms with Crippen LogP contribution >= 0.6 is 0 Å². The van der Waals surface area contributed by atoms with Crippen molar-refractivity contribution in [1.82, 2.24) is 9.80 Å². The van der Waals surface area contributed by atoms with E-state index in [9.17, 15) is 4.79 Å². The van der Waals surface area contributed by atoms with Crippen molar-refractivity contribution < 1.29 is 4.79 Å². The Labute approximate surface area is 130 Å². The molecule has 0 N–H and O–H groups in total. The van der Waals surface area contributed by atoms with Crippen LogP contribution in [0.3, 0.4) is 0 Å². The van der Waals surface area contributed by atoms with Gasteiger partial charge in [0.15, 0.2) is 0 Å². The van der Waals surface area contributed by atoms with E-state index in [1.54, 1.807) is 0 Å². The third-order valence-corrected chi connectivity index (χ3v) is 6.32. The Hall–Kier alpha value is -0.410. The Morgan fingerprint density at radius 3 is 2.52 bits per heavy atom. The summed E-state index contributed by atoms with van der Waals surface area (Å²) in [7, 11) is 2.30. The standard InChI is InChI=1S/C18H32N2O/c1-19-11-6-7-16-13-20(12-8-17(16)19)14-18(15-21)9-4-2-3-5-10-18/h15-17H,2-14H2,1H3. The number of fused-ring (bicyclic) bond motifs is 1. The van der Waals surface area contributed by atoms with E-state index in [1.807, 2.05) is 0 Å². The van der Waals surface area contributed by atoms with Crippen molar-refractivity contribution >= 4 is 6.29 Å². The summed E-state index contributed by atoms with van der Waals surface area (Å²) in [4.78, 5) is 17.0. The fraction of sp³-hybridized carbons (Fsp3) is 0.944. The molecule has 120 valence electrons. The maximum atomic E-state index is 11.8. The molecule has 2 heterocycles. The van der Waals surface area contributed by atoms with Crippen LogP contribution in [0.15, 0.2) is 0 Å². The molecule has 2 unspecified atom stereocenters. The Bertz CT molecular complexity index is 349. The first-order valence-corrected chi connectivity index (χ1v) is 9.11. The summed E-state index contributed by atoms with van der Waals surface area (Å²) in [6.07, 6.45) is 12.8. The number of carbonyl (C=O) groups is 1. The van der Waals surface area contributed by atoms with Gasteiger partial charge in [-0.2, -0.15) is 0 Å². The van der Waals surface area contributed by atoms with E-state index in [4.69, 9.17) is 0 Å². The first kappa shape index (κ1) is 15.5. The van der Waals surface area contributed by atoms with Crippen LogP contribution in [0.5, 0.6) is 0 Å². The second-order valence-corrected chi connectivity index (χ2v) is 7.87. The molecule has 3 heteroatoms. The van der Waals surface area contributed by atoms with Gasteiger partial charge in [0.1, 0.15) is 6.29 Å². The van der Waals surface area contributed by atoms with Crippen molar-refractivity contribution in [2.75, 3.05) is 33.2 Å². The molecule has 0 amide bonds. The van der Waals surface area contributed by atoms with E-state index in [0.29, 0.717) is 0 Å². The highest BCUT2D eigenvalue weighted by molar-refractivity contribution is 5.59. The summed E-state index contributed by atoms with van der Waals surface area (Å²) in [6.45, 7) is 4.73. The summed E-state index contributed by atoms with van der Waals surface area (Å²) in [5.41, 5.74) is -0.0239. The summed E-state index contributed by atoms with van der Waals surface area (Å²) >= 11 is 0. The van der Waals surface area contributed by atoms with Crippen molar-refractivity contribution in [2.24, 2.45) is 11.3 Å². The molecule has 2 aliphatic heterocycles. The molecule has 0 aromatic heterocycles. The first-order chi connectivity index (χ1) is 10.2. The monoisotopic (exact) mass is 292 g/mol. The lowest BCUT2D eigenvalue weighted by Crippen LogP contribution is -2.54. The molecule has 0 aromatic rings. The minimum absolute atomic E-state index is 0.0239. The van der Waals surface area contributed by atoms with Gasteiger partial charge in [-0.15, -0.1) is 0 Å². The molecule has 21 heavy (non-hydrogen) atoms. The molecule has 1 saturated carbocycles. The highest BCUT2D eigenvalue weighted by Crippen LogP contribution is 2.36. The van der Waals surface area contributed by atoms with E-state index in [-0.39, 0.29) is 5.41 Å². The second kappa shape index (κ2) is 6.78. The molecule has 2 atom stereocenters. The van der Waals surface area contributed by atoms with Crippen LogP contribution in [-0.4, -0.2) is 55.4 Å². The minimum Gasteiger partial charge on any atom is -0.303 e. The van der Waals surface area contributed by atoms with E-state index in [2.05, 4.69) is 16.8 Å². The van der Waals surface area contributed by atoms with Gasteiger partial charge >= 0.3 is 0 Å². The molecule has 3 rings (SSSR count). The Morgan fingerprint density at radius 1 is 1.05 bits per heavy atom. The quantitative estimate of drug-likeness (QED) is 0.590. The van der Waals surface area contributed by atoms with Crippen molar-refractivity contribution in [2.45, 2.75) is 63.8 Å². The van der Waals surface area contributed by atoms with Crippen LogP contribution in [0.2, 0.25) is 0 Å². The number of rotatable bonds is 3. The van der Waals surface area contributed by atoms with Crippen molar-refractivity contribution in [3.63, 3.8) is 0 Å². The summed E-state index contributed by atoms with van der Waals surface area (Å²) in [5.74, 6) is 0.840. The zero-order chi connectivity index (χ0) is 14.7. The van der Waals surface area contributed by atoms with Gasteiger partial charge in [-0.25, -0.2) is 0 Å². The molecule has 0 spiro atoms. The number of hydrogen-bond donors (Lipinski definition) is 0. The van der Waals surface area contributed by atoms with Crippen LogP contribution in [0.25, 0.3) is 0 Å². The lowest BCUT2D eigenvalue weighted by atomic mass is 9.79. The first-order valence-electron chi connectivity index (χ1n) is 9.11. The van der Waals surface area contributed by atoms with E-state index in [0.717, 1.165) is 31.3 Å². The highest BCUT2D eigenvalue weighted by atomic mass is 16.1. The zero-order valence-electron chi connectivity index (χ0n) is 13.7. The highest BCUT2D eigenvalue weighted by Gasteiger charge is 2.38. The van der Waals surface area contributed by atoms with Gasteiger partial charge in [0.05, 0.1) is 0 Å². The zero-order valence-corrected chi connectivity index (χ0v) is 13.7. The van der Waals surface area contributed by atoms with Gasteiger partial charge in [-0.3, -0.25) is 0 Å². The Balaban J connectivity index is 1.61. The van der Waals surface area contributed by atoms with Crippen LogP contribution in [-0.2, 0) is 4.79 Å². The topological polar surface area (TPSA) is 23.6 Å². The third-order valence-electron chi connectivity index (χ3n) is 6.32. The molecule has 0 aromatic carbocycles. The molecule has 1 aliphatic carbocycles. The van der Waals surface area contributed by atoms with Gasteiger partial charge in [0.2, 0.25) is 0 Å². The average molecular weight is 292 g/mol. The lowest BCUT2D eigenvalue weighted by Gasteiger charge is -2.47. The maximum Gasteiger partial charge on any atom is 0.127 e. The fourth-order valence-corrected chi connectivity index (χ4v) is 5.06. The van der Waals surface area contributed by atoms with Crippen LogP contribution in [0.1, 0.15) is 57.8 Å². The number of piperidine rings is 2. The number of aldehydes is 1. The van der Waals surface area contributed by atoms with Crippen molar-refractivity contribution in [3.05, 3.63) is 0 Å². The number of hydrogen-bond acceptors (Lipinski definition) is 3. The molecule has 3 aliphatic rings. The van der Waals surface area contributed by atoms with Crippen molar-refractivity contribution in [1.29, 1.82) is 0 Å². The number of carbonyl (C=O) groups excluding carboxylic acids is 1. The predicted octanol–water partition coefficient (Wildman–Crippen LogP) is 2.94. The number of nitrogens with zero attached hydrogens (tertiary/aromatic N) is 2. The molecule has 2 saturated heterocycles. The molecular formula is C18H32N2O. The van der Waals surface area contributed by atoms with Crippen LogP contribution < -0.4 is 0 Å². The molecule has 3 fully saturated rings. The lowest BCUT2D eigenvalue weighted by molar-refractivity contribution is -0.118. The van der Waals surface area contributed by atoms with Crippen LogP contribution in [0.4, 0.5) is 0 Å². The van der Waals surface area contributed by atoms with Crippen LogP contribution in [0, 0.1) is 11.3 Å². The van der Waals surface area contributed by atoms with Crippen molar-refractivity contribution in [3.8, 4) is 0 Å². The fourth-order valence-electron chi connectivity index (χ4n) is 5.06. The molecular weight excluding hydrogens is 260 g/mol. The average Bonchev–Trinajstić information content (AvgIpc) is 2.74. The van der Waals surface area contributed by atoms with E-state index >= 15 is 0 Å². The summed E-state index contributed by atoms with van der Waals surface area (Å²) in [5, 5.41) is 0. The largest absolute Gasteiger partial charge is 0.303 e. The van der Waals surface area contributed by atoms with Gasteiger partial charge in [-0.1, -0.05) is 25.7 Å². The third kappa shape index (κ3) is 3.50. The second-order valence-electron chi connectivity index (χ2n) is 7.87. The SMILES string of the molecule is CN1CCCC2CN(CC3(C=O)CCCCCC3)CCC21. The smallest absolute Gasteiger partial charge is 0.127 e. The molecule has 0 bridgehead atoms. The van der Waals surface area contributed by atoms with Gasteiger partial charge in [0.25, 0.3) is 0 Å². The maximum absolute atomic E-state index is 11.8. The van der Waals surface area contributed by atoms with Gasteiger partial charge < -0.3 is 14.6 Å². The predicted molar refractivity (Wildman–Crippen MR) is 86.4 cm³/mol. The van der Waals surface area contributed by atoms with E-state index in [1.165, 1.54) is 70.9 Å². The summed E-state index contributed by atoms with van der Waals surface area (Å²) in [6, 6.07) is 0.802. The normalized spacial score (nSPS) is 34.9. The van der Waals surface area contributed by atoms with Gasteiger partial charge in [0, 0.05) is 24.5 Å². The minimum atomic E-state index is -0.0239. The number of likely N-dealkylation sites (tertiary alicyclic amines) is 2.